The summed E-state index contributed by atoms with van der Waals surface area (Å²) < 4.78 is 13.7. The van der Waals surface area contributed by atoms with E-state index in [9.17, 15) is 0 Å². The summed E-state index contributed by atoms with van der Waals surface area (Å²) in [6, 6.07) is 8.28. The van der Waals surface area contributed by atoms with Gasteiger partial charge in [-0.2, -0.15) is 5.10 Å². The Morgan fingerprint density at radius 2 is 2.03 bits per heavy atom. The van der Waals surface area contributed by atoms with E-state index in [2.05, 4.69) is 39.4 Å². The second kappa shape index (κ2) is 11.2. The normalized spacial score (nSPS) is 20.7. The van der Waals surface area contributed by atoms with Crippen LogP contribution in [0.25, 0.3) is 5.69 Å². The molecule has 0 amide bonds. The van der Waals surface area contributed by atoms with Gasteiger partial charge in [-0.05, 0) is 56.7 Å². The standard InChI is InChI=1S/C23H34N6O2/c1-2-25-23(26-15-19-6-8-20(9-7-19)29-18-24-17-27-29)28-12-10-21(11-13-28)31-16-22-5-3-4-14-30-22/h6-9,17-18,21-22H,2-5,10-16H2,1H3,(H,25,26). The smallest absolute Gasteiger partial charge is 0.194 e. The molecule has 1 aromatic carbocycles. The maximum atomic E-state index is 6.16. The zero-order chi connectivity index (χ0) is 21.3. The fraction of sp³-hybridized carbons (Fsp3) is 0.609. The minimum atomic E-state index is 0.293. The van der Waals surface area contributed by atoms with Gasteiger partial charge in [-0.3, -0.25) is 0 Å². The number of rotatable bonds is 7. The maximum absolute atomic E-state index is 6.16. The van der Waals surface area contributed by atoms with Crippen LogP contribution in [0.15, 0.2) is 41.9 Å². The number of nitrogens with zero attached hydrogens (tertiary/aromatic N) is 5. The van der Waals surface area contributed by atoms with E-state index in [1.54, 1.807) is 17.3 Å². The minimum Gasteiger partial charge on any atom is -0.376 e. The summed E-state index contributed by atoms with van der Waals surface area (Å²) in [5.74, 6) is 0.983. The molecule has 8 nitrogen and oxygen atoms in total. The van der Waals surface area contributed by atoms with Crippen LogP contribution >= 0.6 is 0 Å². The first kappa shape index (κ1) is 21.8. The number of piperidine rings is 1. The third-order valence-corrected chi connectivity index (χ3v) is 5.90. The van der Waals surface area contributed by atoms with Crippen LogP contribution in [-0.2, 0) is 16.0 Å². The SMILES string of the molecule is CCNC(=NCc1ccc(-n2cncn2)cc1)N1CCC(OCC2CCCCO2)CC1. The van der Waals surface area contributed by atoms with Crippen LogP contribution in [0.2, 0.25) is 0 Å². The molecule has 2 aliphatic heterocycles. The summed E-state index contributed by atoms with van der Waals surface area (Å²) in [7, 11) is 0. The molecule has 0 spiro atoms. The van der Waals surface area contributed by atoms with Crippen molar-refractivity contribution in [3.8, 4) is 5.69 Å². The van der Waals surface area contributed by atoms with Crippen LogP contribution in [0.5, 0.6) is 0 Å². The summed E-state index contributed by atoms with van der Waals surface area (Å²) >= 11 is 0. The van der Waals surface area contributed by atoms with E-state index in [0.717, 1.165) is 63.8 Å². The number of guanidine groups is 1. The zero-order valence-electron chi connectivity index (χ0n) is 18.4. The molecule has 4 rings (SSSR count). The molecule has 0 aliphatic carbocycles. The van der Waals surface area contributed by atoms with Gasteiger partial charge in [-0.15, -0.1) is 0 Å². The predicted octanol–water partition coefficient (Wildman–Crippen LogP) is 2.78. The Kier molecular flexibility index (Phi) is 7.90. The Bertz CT molecular complexity index is 794. The van der Waals surface area contributed by atoms with Crippen LogP contribution in [0.1, 0.15) is 44.6 Å². The largest absolute Gasteiger partial charge is 0.376 e. The highest BCUT2D eigenvalue weighted by Gasteiger charge is 2.23. The summed E-state index contributed by atoms with van der Waals surface area (Å²) in [6.07, 6.45) is 9.51. The summed E-state index contributed by atoms with van der Waals surface area (Å²) in [4.78, 5) is 11.2. The first-order valence-corrected chi connectivity index (χ1v) is 11.5. The average Bonchev–Trinajstić information content (AvgIpc) is 3.37. The number of benzene rings is 1. The van der Waals surface area contributed by atoms with Gasteiger partial charge in [0.25, 0.3) is 0 Å². The molecule has 1 unspecified atom stereocenters. The second-order valence-electron chi connectivity index (χ2n) is 8.18. The quantitative estimate of drug-likeness (QED) is 0.542. The third kappa shape index (κ3) is 6.27. The number of ether oxygens (including phenoxy) is 2. The van der Waals surface area contributed by atoms with Gasteiger partial charge < -0.3 is 19.7 Å². The van der Waals surface area contributed by atoms with Crippen LogP contribution in [0, 0.1) is 0 Å². The number of hydrogen-bond donors (Lipinski definition) is 1. The van der Waals surface area contributed by atoms with Gasteiger partial charge in [0.15, 0.2) is 5.96 Å². The molecule has 0 radical (unpaired) electrons. The van der Waals surface area contributed by atoms with Crippen molar-refractivity contribution in [2.75, 3.05) is 32.8 Å². The van der Waals surface area contributed by atoms with E-state index in [1.807, 2.05) is 12.1 Å². The lowest BCUT2D eigenvalue weighted by atomic mass is 10.1. The first-order chi connectivity index (χ1) is 15.3. The van der Waals surface area contributed by atoms with Crippen molar-refractivity contribution in [1.29, 1.82) is 0 Å². The van der Waals surface area contributed by atoms with E-state index < -0.39 is 0 Å². The minimum absolute atomic E-state index is 0.293. The van der Waals surface area contributed by atoms with Crippen molar-refractivity contribution in [3.63, 3.8) is 0 Å². The molecule has 1 aromatic heterocycles. The van der Waals surface area contributed by atoms with Crippen LogP contribution < -0.4 is 5.32 Å². The monoisotopic (exact) mass is 426 g/mol. The molecule has 1 N–H and O–H groups in total. The average molecular weight is 427 g/mol. The number of nitrogens with one attached hydrogen (secondary N) is 1. The van der Waals surface area contributed by atoms with Crippen molar-refractivity contribution < 1.29 is 9.47 Å². The number of aliphatic imine (C=N–C) groups is 1. The highest BCUT2D eigenvalue weighted by atomic mass is 16.5. The molecule has 3 heterocycles. The lowest BCUT2D eigenvalue weighted by molar-refractivity contribution is -0.0721. The molecule has 2 saturated heterocycles. The Morgan fingerprint density at radius 1 is 1.19 bits per heavy atom. The van der Waals surface area contributed by atoms with E-state index in [4.69, 9.17) is 14.5 Å². The van der Waals surface area contributed by atoms with Gasteiger partial charge in [0.1, 0.15) is 12.7 Å². The van der Waals surface area contributed by atoms with Gasteiger partial charge in [0.05, 0.1) is 31.0 Å². The molecular formula is C23H34N6O2. The first-order valence-electron chi connectivity index (χ1n) is 11.5. The predicted molar refractivity (Wildman–Crippen MR) is 120 cm³/mol. The van der Waals surface area contributed by atoms with Crippen molar-refractivity contribution in [2.45, 2.75) is 57.8 Å². The highest BCUT2D eigenvalue weighted by molar-refractivity contribution is 5.80. The molecule has 0 bridgehead atoms. The number of hydrogen-bond acceptors (Lipinski definition) is 5. The summed E-state index contributed by atoms with van der Waals surface area (Å²) in [5.41, 5.74) is 2.17. The lowest BCUT2D eigenvalue weighted by Crippen LogP contribution is -2.47. The van der Waals surface area contributed by atoms with E-state index in [-0.39, 0.29) is 0 Å². The van der Waals surface area contributed by atoms with Crippen molar-refractivity contribution in [3.05, 3.63) is 42.5 Å². The Labute approximate surface area is 184 Å². The van der Waals surface area contributed by atoms with Crippen LogP contribution in [0.4, 0.5) is 0 Å². The highest BCUT2D eigenvalue weighted by Crippen LogP contribution is 2.18. The van der Waals surface area contributed by atoms with Crippen molar-refractivity contribution >= 4 is 5.96 Å². The fourth-order valence-electron chi connectivity index (χ4n) is 4.10. The van der Waals surface area contributed by atoms with Crippen LogP contribution in [0.3, 0.4) is 0 Å². The van der Waals surface area contributed by atoms with Gasteiger partial charge in [-0.25, -0.2) is 14.7 Å². The van der Waals surface area contributed by atoms with Crippen LogP contribution in [-0.4, -0.2) is 70.7 Å². The molecule has 168 valence electrons. The summed E-state index contributed by atoms with van der Waals surface area (Å²) in [5, 5.41) is 7.61. The molecule has 2 aromatic rings. The van der Waals surface area contributed by atoms with Gasteiger partial charge in [0, 0.05) is 26.2 Å². The Morgan fingerprint density at radius 3 is 2.71 bits per heavy atom. The molecule has 8 heteroatoms. The molecule has 2 fully saturated rings. The second-order valence-corrected chi connectivity index (χ2v) is 8.18. The summed E-state index contributed by atoms with van der Waals surface area (Å²) in [6.45, 7) is 7.18. The number of likely N-dealkylation sites (tertiary alicyclic amines) is 1. The molecule has 2 aliphatic rings. The van der Waals surface area contributed by atoms with Crippen molar-refractivity contribution in [2.24, 2.45) is 4.99 Å². The molecule has 31 heavy (non-hydrogen) atoms. The van der Waals surface area contributed by atoms with Gasteiger partial charge >= 0.3 is 0 Å². The molecule has 0 saturated carbocycles. The van der Waals surface area contributed by atoms with Crippen molar-refractivity contribution in [1.82, 2.24) is 25.0 Å². The molecular weight excluding hydrogens is 392 g/mol. The van der Waals surface area contributed by atoms with Gasteiger partial charge in [-0.1, -0.05) is 12.1 Å². The van der Waals surface area contributed by atoms with E-state index in [1.165, 1.54) is 18.4 Å². The molecule has 1 atom stereocenters. The van der Waals surface area contributed by atoms with Gasteiger partial charge in [0.2, 0.25) is 0 Å². The topological polar surface area (TPSA) is 76.8 Å². The lowest BCUT2D eigenvalue weighted by Gasteiger charge is -2.35. The van der Waals surface area contributed by atoms with E-state index in [0.29, 0.717) is 18.8 Å². The Balaban J connectivity index is 1.26. The Hall–Kier alpha value is -2.45. The zero-order valence-corrected chi connectivity index (χ0v) is 18.4. The third-order valence-electron chi connectivity index (χ3n) is 5.90. The number of aromatic nitrogens is 3. The fourth-order valence-corrected chi connectivity index (χ4v) is 4.10. The van der Waals surface area contributed by atoms with E-state index >= 15 is 0 Å². The maximum Gasteiger partial charge on any atom is 0.194 e.